The van der Waals surface area contributed by atoms with Crippen LogP contribution < -0.4 is 10.5 Å². The quantitative estimate of drug-likeness (QED) is 0.913. The number of nitrogens with two attached hydrogens (primary N) is 1. The summed E-state index contributed by atoms with van der Waals surface area (Å²) in [4.78, 5) is 3.85. The van der Waals surface area contributed by atoms with Crippen LogP contribution >= 0.6 is 11.6 Å². The summed E-state index contributed by atoms with van der Waals surface area (Å²) in [7, 11) is 0. The fourth-order valence-electron chi connectivity index (χ4n) is 1.35. The van der Waals surface area contributed by atoms with Gasteiger partial charge >= 0.3 is 0 Å². The van der Waals surface area contributed by atoms with Crippen molar-refractivity contribution in [1.82, 2.24) is 4.98 Å². The highest BCUT2D eigenvalue weighted by atomic mass is 35.5. The molecule has 0 saturated heterocycles. The van der Waals surface area contributed by atoms with Crippen LogP contribution in [-0.4, -0.2) is 4.98 Å². The third-order valence-electron chi connectivity index (χ3n) is 2.12. The van der Waals surface area contributed by atoms with E-state index >= 15 is 0 Å². The van der Waals surface area contributed by atoms with Crippen LogP contribution in [0.5, 0.6) is 11.6 Å². The predicted molar refractivity (Wildman–Crippen MR) is 63.6 cm³/mol. The van der Waals surface area contributed by atoms with Crippen LogP contribution in [0.15, 0.2) is 36.5 Å². The van der Waals surface area contributed by atoms with E-state index in [2.05, 4.69) is 4.98 Å². The fourth-order valence-corrected chi connectivity index (χ4v) is 1.53. The lowest BCUT2D eigenvalue weighted by molar-refractivity contribution is 0.452. The van der Waals surface area contributed by atoms with Crippen molar-refractivity contribution in [3.63, 3.8) is 0 Å². The minimum Gasteiger partial charge on any atom is -0.439 e. The Labute approximate surface area is 103 Å². The number of halogens is 2. The van der Waals surface area contributed by atoms with Crippen LogP contribution in [0.4, 0.5) is 4.39 Å². The number of hydrogen-bond donors (Lipinski definition) is 1. The van der Waals surface area contributed by atoms with Crippen molar-refractivity contribution >= 4 is 11.6 Å². The maximum atomic E-state index is 12.9. The van der Waals surface area contributed by atoms with Crippen LogP contribution in [0.3, 0.4) is 0 Å². The highest BCUT2D eigenvalue weighted by Gasteiger charge is 2.07. The van der Waals surface area contributed by atoms with E-state index in [0.29, 0.717) is 16.3 Å². The number of nitrogens with zero attached hydrogens (tertiary/aromatic N) is 1. The molecule has 0 aliphatic carbocycles. The van der Waals surface area contributed by atoms with Crippen LogP contribution in [-0.2, 0) is 6.54 Å². The molecule has 0 spiro atoms. The number of rotatable bonds is 3. The summed E-state index contributed by atoms with van der Waals surface area (Å²) >= 11 is 5.82. The van der Waals surface area contributed by atoms with Crippen LogP contribution in [0.2, 0.25) is 5.02 Å². The second-order valence-corrected chi connectivity index (χ2v) is 3.82. The number of hydrogen-bond acceptors (Lipinski definition) is 3. The first kappa shape index (κ1) is 11.8. The van der Waals surface area contributed by atoms with Crippen molar-refractivity contribution in [2.45, 2.75) is 6.54 Å². The molecule has 0 bridgehead atoms. The van der Waals surface area contributed by atoms with Gasteiger partial charge in [0.2, 0.25) is 5.88 Å². The number of ether oxygens (including phenoxy) is 1. The number of aromatic nitrogens is 1. The lowest BCUT2D eigenvalue weighted by Gasteiger charge is -2.08. The first-order chi connectivity index (χ1) is 8.19. The maximum Gasteiger partial charge on any atom is 0.223 e. The summed E-state index contributed by atoms with van der Waals surface area (Å²) in [6.07, 6.45) is 1.08. The third kappa shape index (κ3) is 2.93. The molecule has 0 radical (unpaired) electrons. The topological polar surface area (TPSA) is 48.1 Å². The molecule has 2 N–H and O–H groups in total. The zero-order chi connectivity index (χ0) is 12.3. The van der Waals surface area contributed by atoms with Crippen molar-refractivity contribution in [3.8, 4) is 11.6 Å². The van der Waals surface area contributed by atoms with Crippen molar-refractivity contribution in [1.29, 1.82) is 0 Å². The van der Waals surface area contributed by atoms with E-state index in [1.54, 1.807) is 24.3 Å². The standard InChI is InChI=1S/C12H10ClFN2O/c13-9-2-1-3-11(5-9)17-12-8(6-15)4-10(14)7-16-12/h1-5,7H,6,15H2. The van der Waals surface area contributed by atoms with E-state index < -0.39 is 5.82 Å². The molecule has 5 heteroatoms. The van der Waals surface area contributed by atoms with E-state index in [0.717, 1.165) is 6.20 Å². The van der Waals surface area contributed by atoms with Gasteiger partial charge in [-0.1, -0.05) is 17.7 Å². The first-order valence-electron chi connectivity index (χ1n) is 4.97. The second kappa shape index (κ2) is 5.12. The van der Waals surface area contributed by atoms with Gasteiger partial charge in [-0.2, -0.15) is 0 Å². The molecule has 0 amide bonds. The fraction of sp³-hybridized carbons (Fsp3) is 0.0833. The zero-order valence-corrected chi connectivity index (χ0v) is 9.62. The Bertz CT molecular complexity index is 534. The SMILES string of the molecule is NCc1cc(F)cnc1Oc1cccc(Cl)c1. The molecule has 3 nitrogen and oxygen atoms in total. The molecule has 17 heavy (non-hydrogen) atoms. The Morgan fingerprint density at radius 1 is 1.35 bits per heavy atom. The van der Waals surface area contributed by atoms with Gasteiger partial charge in [0.15, 0.2) is 0 Å². The van der Waals surface area contributed by atoms with Gasteiger partial charge in [0.05, 0.1) is 6.20 Å². The van der Waals surface area contributed by atoms with Crippen molar-refractivity contribution in [2.75, 3.05) is 0 Å². The first-order valence-corrected chi connectivity index (χ1v) is 5.35. The molecule has 2 rings (SSSR count). The summed E-state index contributed by atoms with van der Waals surface area (Å²) in [5.74, 6) is 0.381. The Hall–Kier alpha value is -1.65. The summed E-state index contributed by atoms with van der Waals surface area (Å²) in [6, 6.07) is 8.16. The Balaban J connectivity index is 2.29. The largest absolute Gasteiger partial charge is 0.439 e. The molecule has 88 valence electrons. The maximum absolute atomic E-state index is 12.9. The van der Waals surface area contributed by atoms with E-state index in [9.17, 15) is 4.39 Å². The Kier molecular flexibility index (Phi) is 3.56. The van der Waals surface area contributed by atoms with Gasteiger partial charge in [0.25, 0.3) is 0 Å². The highest BCUT2D eigenvalue weighted by Crippen LogP contribution is 2.25. The number of pyridine rings is 1. The molecule has 1 aromatic carbocycles. The molecular weight excluding hydrogens is 243 g/mol. The molecule has 0 saturated carbocycles. The molecule has 2 aromatic rings. The van der Waals surface area contributed by atoms with Crippen LogP contribution in [0.25, 0.3) is 0 Å². The molecule has 1 heterocycles. The van der Waals surface area contributed by atoms with Crippen molar-refractivity contribution < 1.29 is 9.13 Å². The smallest absolute Gasteiger partial charge is 0.223 e. The average Bonchev–Trinajstić information content (AvgIpc) is 2.31. The van der Waals surface area contributed by atoms with E-state index in [1.165, 1.54) is 6.07 Å². The minimum atomic E-state index is -0.441. The van der Waals surface area contributed by atoms with Crippen molar-refractivity contribution in [2.24, 2.45) is 5.73 Å². The van der Waals surface area contributed by atoms with Crippen molar-refractivity contribution in [3.05, 3.63) is 52.9 Å². The predicted octanol–water partition coefficient (Wildman–Crippen LogP) is 3.13. The van der Waals surface area contributed by atoms with Gasteiger partial charge < -0.3 is 10.5 Å². The van der Waals surface area contributed by atoms with Gasteiger partial charge in [-0.3, -0.25) is 0 Å². The monoisotopic (exact) mass is 252 g/mol. The lowest BCUT2D eigenvalue weighted by Crippen LogP contribution is -2.02. The second-order valence-electron chi connectivity index (χ2n) is 3.38. The summed E-state index contributed by atoms with van der Waals surface area (Å²) in [6.45, 7) is 0.153. The summed E-state index contributed by atoms with van der Waals surface area (Å²) in [5.41, 5.74) is 5.99. The summed E-state index contributed by atoms with van der Waals surface area (Å²) in [5, 5.41) is 0.555. The molecule has 1 aromatic heterocycles. The van der Waals surface area contributed by atoms with Crippen LogP contribution in [0.1, 0.15) is 5.56 Å². The zero-order valence-electron chi connectivity index (χ0n) is 8.86. The molecule has 0 atom stereocenters. The minimum absolute atomic E-state index is 0.153. The molecular formula is C12H10ClFN2O. The molecule has 0 fully saturated rings. The third-order valence-corrected chi connectivity index (χ3v) is 2.36. The number of benzene rings is 1. The van der Waals surface area contributed by atoms with Gasteiger partial charge in [-0.15, -0.1) is 0 Å². The molecule has 0 aliphatic rings. The average molecular weight is 253 g/mol. The summed E-state index contributed by atoms with van der Waals surface area (Å²) < 4.78 is 18.4. The van der Waals surface area contributed by atoms with E-state index in [1.807, 2.05) is 0 Å². The van der Waals surface area contributed by atoms with Gasteiger partial charge in [0, 0.05) is 17.1 Å². The Morgan fingerprint density at radius 2 is 2.18 bits per heavy atom. The normalized spacial score (nSPS) is 10.3. The lowest BCUT2D eigenvalue weighted by atomic mass is 10.2. The molecule has 0 unspecified atom stereocenters. The molecule has 0 aliphatic heterocycles. The van der Waals surface area contributed by atoms with E-state index in [-0.39, 0.29) is 12.4 Å². The van der Waals surface area contributed by atoms with Crippen LogP contribution in [0, 0.1) is 5.82 Å². The van der Waals surface area contributed by atoms with Gasteiger partial charge in [-0.25, -0.2) is 9.37 Å². The van der Waals surface area contributed by atoms with E-state index in [4.69, 9.17) is 22.1 Å². The Morgan fingerprint density at radius 3 is 2.88 bits per heavy atom. The highest BCUT2D eigenvalue weighted by molar-refractivity contribution is 6.30. The van der Waals surface area contributed by atoms with Gasteiger partial charge in [0.1, 0.15) is 11.6 Å². The van der Waals surface area contributed by atoms with Gasteiger partial charge in [-0.05, 0) is 24.3 Å².